The molecule has 2 aromatic rings. The lowest BCUT2D eigenvalue weighted by molar-refractivity contribution is 0.0885. The molecule has 8 heteroatoms. The topological polar surface area (TPSA) is 80.3 Å². The minimum absolute atomic E-state index is 0.115. The predicted octanol–water partition coefficient (Wildman–Crippen LogP) is 2.53. The van der Waals surface area contributed by atoms with Crippen LogP contribution in [0.2, 0.25) is 0 Å². The lowest BCUT2D eigenvalue weighted by Gasteiger charge is -2.12. The summed E-state index contributed by atoms with van der Waals surface area (Å²) in [5, 5.41) is 16.1. The van der Waals surface area contributed by atoms with Gasteiger partial charge < -0.3 is 14.8 Å². The smallest absolute Gasteiger partial charge is 0.280 e. The van der Waals surface area contributed by atoms with Crippen LogP contribution in [0.15, 0.2) is 29.0 Å². The summed E-state index contributed by atoms with van der Waals surface area (Å²) in [6.45, 7) is 3.89. The second kappa shape index (κ2) is 7.36. The maximum Gasteiger partial charge on any atom is 0.280 e. The van der Waals surface area contributed by atoms with Gasteiger partial charge in [-0.05, 0) is 18.1 Å². The standard InChI is InChI=1S/C15H19F2N3O3/c1-9(2)8-20-13(14(16)17)10(6-19-20)15(22)18-7-11(21)12-4-3-5-23-12/h3-6,9,11,14,21H,7-8H2,1-2H3,(H,18,22). The van der Waals surface area contributed by atoms with Gasteiger partial charge in [-0.1, -0.05) is 13.8 Å². The van der Waals surface area contributed by atoms with Crippen molar-refractivity contribution in [2.75, 3.05) is 6.54 Å². The van der Waals surface area contributed by atoms with E-state index >= 15 is 0 Å². The second-order valence-electron chi connectivity index (χ2n) is 5.56. The molecule has 0 aliphatic carbocycles. The first-order valence-electron chi connectivity index (χ1n) is 7.23. The number of aliphatic hydroxyl groups is 1. The van der Waals surface area contributed by atoms with Crippen molar-refractivity contribution < 1.29 is 23.1 Å². The largest absolute Gasteiger partial charge is 0.467 e. The lowest BCUT2D eigenvalue weighted by Crippen LogP contribution is -2.29. The van der Waals surface area contributed by atoms with Gasteiger partial charge in [-0.25, -0.2) is 8.78 Å². The summed E-state index contributed by atoms with van der Waals surface area (Å²) in [6.07, 6.45) is -1.34. The van der Waals surface area contributed by atoms with Crippen LogP contribution in [0.5, 0.6) is 0 Å². The van der Waals surface area contributed by atoms with E-state index in [1.54, 1.807) is 12.1 Å². The molecule has 0 radical (unpaired) electrons. The molecule has 1 amide bonds. The minimum atomic E-state index is -2.81. The third-order valence-electron chi connectivity index (χ3n) is 3.20. The van der Waals surface area contributed by atoms with E-state index in [2.05, 4.69) is 10.4 Å². The number of aromatic nitrogens is 2. The second-order valence-corrected chi connectivity index (χ2v) is 5.56. The highest BCUT2D eigenvalue weighted by atomic mass is 19.3. The van der Waals surface area contributed by atoms with Gasteiger partial charge in [0.15, 0.2) is 0 Å². The Balaban J connectivity index is 2.08. The number of furan rings is 1. The van der Waals surface area contributed by atoms with Crippen LogP contribution in [0.1, 0.15) is 48.2 Å². The number of nitrogens with zero attached hydrogens (tertiary/aromatic N) is 2. The minimum Gasteiger partial charge on any atom is -0.467 e. The molecule has 2 heterocycles. The molecule has 0 bridgehead atoms. The van der Waals surface area contributed by atoms with Gasteiger partial charge in [0.05, 0.1) is 24.6 Å². The van der Waals surface area contributed by atoms with Gasteiger partial charge in [0.2, 0.25) is 0 Å². The van der Waals surface area contributed by atoms with E-state index in [9.17, 15) is 18.7 Å². The zero-order valence-electron chi connectivity index (χ0n) is 12.9. The van der Waals surface area contributed by atoms with Crippen molar-refractivity contribution in [1.29, 1.82) is 0 Å². The number of hydrogen-bond acceptors (Lipinski definition) is 4. The Labute approximate surface area is 132 Å². The van der Waals surface area contributed by atoms with E-state index in [0.717, 1.165) is 10.9 Å². The number of aliphatic hydroxyl groups excluding tert-OH is 1. The molecular weight excluding hydrogens is 308 g/mol. The molecule has 1 unspecified atom stereocenters. The average Bonchev–Trinajstić information content (AvgIpc) is 3.12. The van der Waals surface area contributed by atoms with Crippen LogP contribution in [-0.2, 0) is 6.54 Å². The Hall–Kier alpha value is -2.22. The number of hydrogen-bond donors (Lipinski definition) is 2. The summed E-state index contributed by atoms with van der Waals surface area (Å²) in [7, 11) is 0. The molecule has 126 valence electrons. The van der Waals surface area contributed by atoms with E-state index in [4.69, 9.17) is 4.42 Å². The molecule has 2 aromatic heterocycles. The van der Waals surface area contributed by atoms with Crippen molar-refractivity contribution in [2.24, 2.45) is 5.92 Å². The number of halogens is 2. The Bertz CT molecular complexity index is 638. The Morgan fingerprint density at radius 1 is 1.48 bits per heavy atom. The van der Waals surface area contributed by atoms with Crippen molar-refractivity contribution in [3.8, 4) is 0 Å². The fourth-order valence-corrected chi connectivity index (χ4v) is 2.16. The number of alkyl halides is 2. The van der Waals surface area contributed by atoms with Crippen LogP contribution in [0.25, 0.3) is 0 Å². The molecule has 0 saturated carbocycles. The monoisotopic (exact) mass is 327 g/mol. The molecule has 0 saturated heterocycles. The Morgan fingerprint density at radius 2 is 2.22 bits per heavy atom. The first-order chi connectivity index (χ1) is 10.9. The molecule has 0 fully saturated rings. The molecular formula is C15H19F2N3O3. The van der Waals surface area contributed by atoms with E-state index in [0.29, 0.717) is 6.54 Å². The molecule has 2 N–H and O–H groups in total. The summed E-state index contributed by atoms with van der Waals surface area (Å²) in [6, 6.07) is 3.16. The lowest BCUT2D eigenvalue weighted by atomic mass is 10.2. The fraction of sp³-hybridized carbons (Fsp3) is 0.467. The van der Waals surface area contributed by atoms with Crippen molar-refractivity contribution >= 4 is 5.91 Å². The van der Waals surface area contributed by atoms with Crippen LogP contribution >= 0.6 is 0 Å². The van der Waals surface area contributed by atoms with Crippen LogP contribution in [0.3, 0.4) is 0 Å². The van der Waals surface area contributed by atoms with Gasteiger partial charge in [0.1, 0.15) is 17.6 Å². The summed E-state index contributed by atoms with van der Waals surface area (Å²) in [5.41, 5.74) is -0.601. The SMILES string of the molecule is CC(C)Cn1ncc(C(=O)NCC(O)c2ccco2)c1C(F)F. The Morgan fingerprint density at radius 3 is 2.78 bits per heavy atom. The first-order valence-corrected chi connectivity index (χ1v) is 7.23. The van der Waals surface area contributed by atoms with E-state index in [1.807, 2.05) is 13.8 Å². The average molecular weight is 327 g/mol. The fourth-order valence-electron chi connectivity index (χ4n) is 2.16. The third-order valence-corrected chi connectivity index (χ3v) is 3.20. The summed E-state index contributed by atoms with van der Waals surface area (Å²) in [5.74, 6) is -0.306. The van der Waals surface area contributed by atoms with E-state index in [1.165, 1.54) is 6.26 Å². The van der Waals surface area contributed by atoms with Crippen molar-refractivity contribution in [1.82, 2.24) is 15.1 Å². The first kappa shape index (κ1) is 17.1. The molecule has 23 heavy (non-hydrogen) atoms. The molecule has 0 spiro atoms. The van der Waals surface area contributed by atoms with Gasteiger partial charge in [-0.2, -0.15) is 5.10 Å². The summed E-state index contributed by atoms with van der Waals surface area (Å²) >= 11 is 0. The number of nitrogens with one attached hydrogen (secondary N) is 1. The molecule has 6 nitrogen and oxygen atoms in total. The molecule has 1 atom stereocenters. The molecule has 0 aliphatic heterocycles. The molecule has 2 rings (SSSR count). The maximum absolute atomic E-state index is 13.2. The summed E-state index contributed by atoms with van der Waals surface area (Å²) < 4.78 is 32.6. The van der Waals surface area contributed by atoms with Gasteiger partial charge in [-0.3, -0.25) is 9.48 Å². The normalized spacial score (nSPS) is 12.8. The summed E-state index contributed by atoms with van der Waals surface area (Å²) in [4.78, 5) is 12.1. The highest BCUT2D eigenvalue weighted by Gasteiger charge is 2.25. The third kappa shape index (κ3) is 4.16. The van der Waals surface area contributed by atoms with Crippen LogP contribution in [-0.4, -0.2) is 27.3 Å². The zero-order valence-corrected chi connectivity index (χ0v) is 12.9. The highest BCUT2D eigenvalue weighted by molar-refractivity contribution is 5.95. The quantitative estimate of drug-likeness (QED) is 0.819. The number of carbonyl (C=O) groups excluding carboxylic acids is 1. The predicted molar refractivity (Wildman–Crippen MR) is 78.0 cm³/mol. The van der Waals surface area contributed by atoms with Gasteiger partial charge in [-0.15, -0.1) is 0 Å². The van der Waals surface area contributed by atoms with Gasteiger partial charge in [0.25, 0.3) is 12.3 Å². The molecule has 0 aromatic carbocycles. The number of amides is 1. The van der Waals surface area contributed by atoms with Crippen molar-refractivity contribution in [3.05, 3.63) is 41.6 Å². The van der Waals surface area contributed by atoms with Crippen LogP contribution in [0, 0.1) is 5.92 Å². The van der Waals surface area contributed by atoms with Crippen molar-refractivity contribution in [3.63, 3.8) is 0 Å². The number of rotatable bonds is 7. The van der Waals surface area contributed by atoms with Crippen LogP contribution in [0.4, 0.5) is 8.78 Å². The van der Waals surface area contributed by atoms with E-state index in [-0.39, 0.29) is 23.8 Å². The van der Waals surface area contributed by atoms with Crippen LogP contribution < -0.4 is 5.32 Å². The number of carbonyl (C=O) groups is 1. The maximum atomic E-state index is 13.2. The van der Waals surface area contributed by atoms with E-state index < -0.39 is 24.1 Å². The van der Waals surface area contributed by atoms with Gasteiger partial charge in [0, 0.05) is 6.54 Å². The molecule has 0 aliphatic rings. The zero-order chi connectivity index (χ0) is 17.0. The van der Waals surface area contributed by atoms with Crippen molar-refractivity contribution in [2.45, 2.75) is 32.9 Å². The van der Waals surface area contributed by atoms with Gasteiger partial charge >= 0.3 is 0 Å². The highest BCUT2D eigenvalue weighted by Crippen LogP contribution is 2.24. The Kier molecular flexibility index (Phi) is 5.49.